The van der Waals surface area contributed by atoms with Gasteiger partial charge in [-0.05, 0) is 35.4 Å². The van der Waals surface area contributed by atoms with Crippen molar-refractivity contribution in [3.8, 4) is 5.75 Å². The van der Waals surface area contributed by atoms with E-state index in [1.165, 1.54) is 0 Å². The Balaban J connectivity index is 1.54. The molecule has 0 aliphatic carbocycles. The third kappa shape index (κ3) is 5.18. The lowest BCUT2D eigenvalue weighted by molar-refractivity contribution is 0.0955. The van der Waals surface area contributed by atoms with Crippen LogP contribution in [-0.4, -0.2) is 34.0 Å². The summed E-state index contributed by atoms with van der Waals surface area (Å²) in [5, 5.41) is 12.7. The van der Waals surface area contributed by atoms with Crippen LogP contribution in [0.15, 0.2) is 65.1 Å². The van der Waals surface area contributed by atoms with Gasteiger partial charge < -0.3 is 9.30 Å². The number of aromatic nitrogens is 3. The topological polar surface area (TPSA) is 81.4 Å². The van der Waals surface area contributed by atoms with Gasteiger partial charge in [0.2, 0.25) is 0 Å². The van der Waals surface area contributed by atoms with Crippen LogP contribution < -0.4 is 10.2 Å². The van der Waals surface area contributed by atoms with Gasteiger partial charge in [0.05, 0.1) is 13.3 Å². The Morgan fingerprint density at radius 3 is 2.81 bits per heavy atom. The maximum Gasteiger partial charge on any atom is 0.271 e. The van der Waals surface area contributed by atoms with Crippen molar-refractivity contribution in [3.05, 3.63) is 71.5 Å². The number of amides is 1. The average Bonchev–Trinajstić information content (AvgIpc) is 3.11. The van der Waals surface area contributed by atoms with E-state index in [1.807, 2.05) is 48.0 Å². The summed E-state index contributed by atoms with van der Waals surface area (Å²) >= 11 is 1.59. The lowest BCUT2D eigenvalue weighted by atomic mass is 10.1. The van der Waals surface area contributed by atoms with Crippen molar-refractivity contribution in [1.82, 2.24) is 20.2 Å². The van der Waals surface area contributed by atoms with Gasteiger partial charge in [-0.2, -0.15) is 5.10 Å². The summed E-state index contributed by atoms with van der Waals surface area (Å²) in [4.78, 5) is 12.2. The number of hydrazone groups is 1. The largest absolute Gasteiger partial charge is 0.497 e. The van der Waals surface area contributed by atoms with E-state index in [9.17, 15) is 4.79 Å². The molecule has 0 bridgehead atoms. The van der Waals surface area contributed by atoms with Gasteiger partial charge in [-0.25, -0.2) is 5.43 Å². The van der Waals surface area contributed by atoms with E-state index < -0.39 is 0 Å². The van der Waals surface area contributed by atoms with Gasteiger partial charge >= 0.3 is 0 Å². The van der Waals surface area contributed by atoms with E-state index >= 15 is 0 Å². The van der Waals surface area contributed by atoms with Crippen LogP contribution >= 0.6 is 11.8 Å². The number of thioether (sulfide) groups is 1. The first-order valence-electron chi connectivity index (χ1n) is 8.19. The maximum absolute atomic E-state index is 12.2. The van der Waals surface area contributed by atoms with Gasteiger partial charge in [0.25, 0.3) is 5.91 Å². The number of hydrogen-bond donors (Lipinski definition) is 1. The van der Waals surface area contributed by atoms with E-state index in [1.54, 1.807) is 43.5 Å². The molecule has 0 radical (unpaired) electrons. The Labute approximate surface area is 161 Å². The molecule has 138 valence electrons. The molecule has 3 aromatic rings. The molecule has 0 spiro atoms. The maximum atomic E-state index is 12.2. The zero-order valence-corrected chi connectivity index (χ0v) is 15.8. The standard InChI is InChI=1S/C19H19N5O2S/c1-24-13-21-23-19(24)27-12-14-6-8-16(9-7-14)18(25)22-20-11-15-4-3-5-17(10-15)26-2/h3-11,13H,12H2,1-2H3,(H,22,25)/b20-11-. The van der Waals surface area contributed by atoms with Crippen molar-refractivity contribution in [3.63, 3.8) is 0 Å². The predicted molar refractivity (Wildman–Crippen MR) is 105 cm³/mol. The van der Waals surface area contributed by atoms with E-state index in [0.717, 1.165) is 27.8 Å². The molecule has 0 saturated heterocycles. The smallest absolute Gasteiger partial charge is 0.271 e. The highest BCUT2D eigenvalue weighted by atomic mass is 32.2. The summed E-state index contributed by atoms with van der Waals surface area (Å²) in [5.74, 6) is 1.23. The van der Waals surface area contributed by atoms with E-state index in [4.69, 9.17) is 4.74 Å². The number of methoxy groups -OCH3 is 1. The van der Waals surface area contributed by atoms with Crippen molar-refractivity contribution in [2.45, 2.75) is 10.9 Å². The van der Waals surface area contributed by atoms with Crippen molar-refractivity contribution < 1.29 is 9.53 Å². The number of rotatable bonds is 7. The number of hydrogen-bond acceptors (Lipinski definition) is 6. The molecule has 0 atom stereocenters. The highest BCUT2D eigenvalue weighted by Gasteiger charge is 2.06. The second kappa shape index (κ2) is 9.00. The molecule has 1 N–H and O–H groups in total. The van der Waals surface area contributed by atoms with Crippen LogP contribution in [0.3, 0.4) is 0 Å². The molecular weight excluding hydrogens is 362 g/mol. The van der Waals surface area contributed by atoms with Crippen molar-refractivity contribution in [2.75, 3.05) is 7.11 Å². The molecule has 8 heteroatoms. The number of ether oxygens (including phenoxy) is 1. The summed E-state index contributed by atoms with van der Waals surface area (Å²) in [6.45, 7) is 0. The molecule has 3 rings (SSSR count). The van der Waals surface area contributed by atoms with Crippen molar-refractivity contribution in [1.29, 1.82) is 0 Å². The minimum atomic E-state index is -0.262. The fraction of sp³-hybridized carbons (Fsp3) is 0.158. The molecule has 0 saturated carbocycles. The quantitative estimate of drug-likeness (QED) is 0.387. The van der Waals surface area contributed by atoms with Crippen LogP contribution in [0.1, 0.15) is 21.5 Å². The normalized spacial score (nSPS) is 10.9. The number of carbonyl (C=O) groups excluding carboxylic acids is 1. The highest BCUT2D eigenvalue weighted by Crippen LogP contribution is 2.20. The molecule has 2 aromatic carbocycles. The van der Waals surface area contributed by atoms with Gasteiger partial charge in [0, 0.05) is 18.4 Å². The first kappa shape index (κ1) is 18.7. The first-order chi connectivity index (χ1) is 13.2. The Morgan fingerprint density at radius 2 is 2.11 bits per heavy atom. The predicted octanol–water partition coefficient (Wildman–Crippen LogP) is 2.88. The second-order valence-corrected chi connectivity index (χ2v) is 6.63. The van der Waals surface area contributed by atoms with E-state index in [0.29, 0.717) is 5.56 Å². The number of benzene rings is 2. The van der Waals surface area contributed by atoms with Crippen LogP contribution in [0.25, 0.3) is 0 Å². The molecule has 7 nitrogen and oxygen atoms in total. The molecule has 0 unspecified atom stereocenters. The third-order valence-electron chi connectivity index (χ3n) is 3.73. The molecule has 0 aliphatic heterocycles. The Morgan fingerprint density at radius 1 is 1.30 bits per heavy atom. The molecule has 1 amide bonds. The Hall–Kier alpha value is -3.13. The van der Waals surface area contributed by atoms with Crippen LogP contribution in [0.2, 0.25) is 0 Å². The fourth-order valence-corrected chi connectivity index (χ4v) is 3.10. The van der Waals surface area contributed by atoms with Gasteiger partial charge in [0.15, 0.2) is 5.16 Å². The van der Waals surface area contributed by atoms with Gasteiger partial charge in [-0.15, -0.1) is 10.2 Å². The lowest BCUT2D eigenvalue weighted by Gasteiger charge is -2.04. The zero-order valence-electron chi connectivity index (χ0n) is 15.0. The fourth-order valence-electron chi connectivity index (χ4n) is 2.26. The van der Waals surface area contributed by atoms with Crippen molar-refractivity contribution in [2.24, 2.45) is 12.1 Å². The van der Waals surface area contributed by atoms with Gasteiger partial charge in [-0.3, -0.25) is 4.79 Å². The molecule has 0 fully saturated rings. The minimum absolute atomic E-state index is 0.262. The number of nitrogens with zero attached hydrogens (tertiary/aromatic N) is 4. The number of nitrogens with one attached hydrogen (secondary N) is 1. The summed E-state index contributed by atoms with van der Waals surface area (Å²) in [6, 6.07) is 14.8. The van der Waals surface area contributed by atoms with E-state index in [2.05, 4.69) is 20.7 Å². The van der Waals surface area contributed by atoms with Crippen LogP contribution in [0.5, 0.6) is 5.75 Å². The summed E-state index contributed by atoms with van der Waals surface area (Å²) in [5.41, 5.74) is 5.01. The molecule has 0 aliphatic rings. The number of carbonyl (C=O) groups is 1. The monoisotopic (exact) mass is 381 g/mol. The SMILES string of the molecule is COc1cccc(/C=N\NC(=O)c2ccc(CSc3nncn3C)cc2)c1. The Bertz CT molecular complexity index is 937. The molecule has 1 aromatic heterocycles. The summed E-state index contributed by atoms with van der Waals surface area (Å²) in [7, 11) is 3.51. The summed E-state index contributed by atoms with van der Waals surface area (Å²) < 4.78 is 7.02. The van der Waals surface area contributed by atoms with Gasteiger partial charge in [0.1, 0.15) is 12.1 Å². The molecular formula is C19H19N5O2S. The van der Waals surface area contributed by atoms with Gasteiger partial charge in [-0.1, -0.05) is 36.0 Å². The Kier molecular flexibility index (Phi) is 6.22. The number of aryl methyl sites for hydroxylation is 1. The lowest BCUT2D eigenvalue weighted by Crippen LogP contribution is -2.17. The molecule has 27 heavy (non-hydrogen) atoms. The van der Waals surface area contributed by atoms with Crippen LogP contribution in [0.4, 0.5) is 0 Å². The van der Waals surface area contributed by atoms with Crippen LogP contribution in [0, 0.1) is 0 Å². The highest BCUT2D eigenvalue weighted by molar-refractivity contribution is 7.98. The minimum Gasteiger partial charge on any atom is -0.497 e. The average molecular weight is 381 g/mol. The zero-order chi connectivity index (χ0) is 19.1. The second-order valence-electron chi connectivity index (χ2n) is 5.69. The molecule has 1 heterocycles. The third-order valence-corrected chi connectivity index (χ3v) is 4.83. The van der Waals surface area contributed by atoms with Crippen molar-refractivity contribution >= 4 is 23.9 Å². The summed E-state index contributed by atoms with van der Waals surface area (Å²) in [6.07, 6.45) is 3.24. The first-order valence-corrected chi connectivity index (χ1v) is 9.17. The van der Waals surface area contributed by atoms with Crippen LogP contribution in [-0.2, 0) is 12.8 Å². The van der Waals surface area contributed by atoms with E-state index in [-0.39, 0.29) is 5.91 Å².